The van der Waals surface area contributed by atoms with Crippen LogP contribution in [0.1, 0.15) is 12.0 Å². The molecule has 1 aromatic carbocycles. The van der Waals surface area contributed by atoms with Crippen LogP contribution in [0.5, 0.6) is 0 Å². The number of allylic oxidation sites excluding steroid dienone is 2. The molecular weight excluding hydrogens is 294 g/mol. The van der Waals surface area contributed by atoms with E-state index >= 15 is 0 Å². The number of amides is 2. The molecule has 1 saturated heterocycles. The van der Waals surface area contributed by atoms with Crippen LogP contribution in [0.4, 0.5) is 5.69 Å². The Hall–Kier alpha value is -2.69. The van der Waals surface area contributed by atoms with Crippen molar-refractivity contribution in [3.63, 3.8) is 0 Å². The summed E-state index contributed by atoms with van der Waals surface area (Å²) in [6, 6.07) is 6.75. The Bertz CT molecular complexity index is 749. The van der Waals surface area contributed by atoms with Crippen LogP contribution in [0.25, 0.3) is 6.08 Å². The molecule has 0 unspecified atom stereocenters. The lowest BCUT2D eigenvalue weighted by molar-refractivity contribution is -0.297. The zero-order chi connectivity index (χ0) is 16.1. The number of hydrogen-bond donors (Lipinski definition) is 0. The second-order valence-electron chi connectivity index (χ2n) is 6.26. The Labute approximate surface area is 132 Å². The molecule has 3 aliphatic rings. The molecule has 1 heterocycles. The molecule has 0 radical (unpaired) electrons. The van der Waals surface area contributed by atoms with Crippen molar-refractivity contribution >= 4 is 29.5 Å². The van der Waals surface area contributed by atoms with Crippen LogP contribution in [-0.2, 0) is 14.4 Å². The minimum absolute atomic E-state index is 0.141. The van der Waals surface area contributed by atoms with Crippen molar-refractivity contribution < 1.29 is 19.5 Å². The molecule has 1 aromatic rings. The molecular formula is C18H14NO4-. The number of carboxylic acid groups (broad SMARTS) is 1. The summed E-state index contributed by atoms with van der Waals surface area (Å²) in [6.45, 7) is 0. The molecule has 2 amide bonds. The Kier molecular flexibility index (Phi) is 2.98. The van der Waals surface area contributed by atoms with Gasteiger partial charge < -0.3 is 9.90 Å². The van der Waals surface area contributed by atoms with Crippen molar-refractivity contribution in [3.8, 4) is 0 Å². The van der Waals surface area contributed by atoms with Crippen LogP contribution in [-0.4, -0.2) is 17.8 Å². The van der Waals surface area contributed by atoms with E-state index in [4.69, 9.17) is 0 Å². The number of hydrogen-bond acceptors (Lipinski definition) is 4. The first-order valence-electron chi connectivity index (χ1n) is 7.61. The lowest BCUT2D eigenvalue weighted by Crippen LogP contribution is -2.32. The summed E-state index contributed by atoms with van der Waals surface area (Å²) in [5.74, 6) is -1.70. The van der Waals surface area contributed by atoms with E-state index in [1.807, 2.05) is 0 Å². The molecule has 4 atom stereocenters. The number of carbonyl (C=O) groups is 3. The molecule has 23 heavy (non-hydrogen) atoms. The topological polar surface area (TPSA) is 77.5 Å². The number of carboxylic acids is 1. The highest BCUT2D eigenvalue weighted by atomic mass is 16.4. The standard InChI is InChI=1S/C18H15NO4/c20-14(21)7-4-10-2-1-3-13(8-10)19-17(22)15-11-5-6-12(9-11)16(15)18(19)23/h1-8,11-12,15-16H,9H2,(H,20,21)/p-1/b7-4+/t11-,12+,15+,16-. The van der Waals surface area contributed by atoms with Gasteiger partial charge in [-0.05, 0) is 42.0 Å². The van der Waals surface area contributed by atoms with E-state index in [0.29, 0.717) is 11.3 Å². The van der Waals surface area contributed by atoms with Gasteiger partial charge in [-0.2, -0.15) is 0 Å². The van der Waals surface area contributed by atoms with E-state index in [-0.39, 0.29) is 35.5 Å². The minimum atomic E-state index is -1.29. The lowest BCUT2D eigenvalue weighted by Gasteiger charge is -2.17. The first kappa shape index (κ1) is 13.9. The van der Waals surface area contributed by atoms with E-state index in [0.717, 1.165) is 12.5 Å². The number of anilines is 1. The van der Waals surface area contributed by atoms with E-state index in [1.165, 1.54) is 11.0 Å². The highest BCUT2D eigenvalue weighted by Gasteiger charge is 2.59. The number of carbonyl (C=O) groups excluding carboxylic acids is 3. The van der Waals surface area contributed by atoms with Crippen molar-refractivity contribution in [2.24, 2.45) is 23.7 Å². The van der Waals surface area contributed by atoms with Gasteiger partial charge in [0.25, 0.3) is 0 Å². The minimum Gasteiger partial charge on any atom is -0.545 e. The summed E-state index contributed by atoms with van der Waals surface area (Å²) >= 11 is 0. The van der Waals surface area contributed by atoms with Crippen LogP contribution >= 0.6 is 0 Å². The molecule has 0 N–H and O–H groups in total. The number of imide groups is 1. The van der Waals surface area contributed by atoms with E-state index in [2.05, 4.69) is 12.2 Å². The molecule has 4 rings (SSSR count). The summed E-state index contributed by atoms with van der Waals surface area (Å²) in [7, 11) is 0. The maximum Gasteiger partial charge on any atom is 0.238 e. The largest absolute Gasteiger partial charge is 0.545 e. The normalized spacial score (nSPS) is 31.4. The maximum atomic E-state index is 12.7. The molecule has 2 bridgehead atoms. The molecule has 1 saturated carbocycles. The average molecular weight is 308 g/mol. The second-order valence-corrected chi connectivity index (χ2v) is 6.26. The fourth-order valence-electron chi connectivity index (χ4n) is 4.09. The maximum absolute atomic E-state index is 12.7. The van der Waals surface area contributed by atoms with Crippen molar-refractivity contribution in [3.05, 3.63) is 48.1 Å². The number of nitrogens with zero attached hydrogens (tertiary/aromatic N) is 1. The molecule has 116 valence electrons. The van der Waals surface area contributed by atoms with Gasteiger partial charge in [-0.1, -0.05) is 30.4 Å². The summed E-state index contributed by atoms with van der Waals surface area (Å²) in [6.07, 6.45) is 7.32. The monoisotopic (exact) mass is 308 g/mol. The van der Waals surface area contributed by atoms with E-state index in [9.17, 15) is 19.5 Å². The quantitative estimate of drug-likeness (QED) is 0.469. The fraction of sp³-hybridized carbons (Fsp3) is 0.278. The van der Waals surface area contributed by atoms with Crippen LogP contribution < -0.4 is 10.0 Å². The zero-order valence-corrected chi connectivity index (χ0v) is 12.2. The SMILES string of the molecule is O=C([O-])/C=C/c1cccc(N2C(=O)[C@@H]3[C@H](C2=O)[C@H]2C=C[C@@H]3C2)c1. The smallest absolute Gasteiger partial charge is 0.238 e. The Morgan fingerprint density at radius 1 is 1.13 bits per heavy atom. The lowest BCUT2D eigenvalue weighted by atomic mass is 9.85. The zero-order valence-electron chi connectivity index (χ0n) is 12.2. The Morgan fingerprint density at radius 3 is 2.39 bits per heavy atom. The van der Waals surface area contributed by atoms with Crippen molar-refractivity contribution in [2.75, 3.05) is 4.90 Å². The number of aliphatic carboxylic acids is 1. The molecule has 2 fully saturated rings. The van der Waals surface area contributed by atoms with Crippen LogP contribution in [0.3, 0.4) is 0 Å². The fourth-order valence-corrected chi connectivity index (χ4v) is 4.09. The van der Waals surface area contributed by atoms with Crippen molar-refractivity contribution in [1.29, 1.82) is 0 Å². The van der Waals surface area contributed by atoms with Crippen molar-refractivity contribution in [2.45, 2.75) is 6.42 Å². The van der Waals surface area contributed by atoms with Gasteiger partial charge in [-0.25, -0.2) is 4.90 Å². The van der Waals surface area contributed by atoms with Gasteiger partial charge in [-0.15, -0.1) is 0 Å². The Balaban J connectivity index is 1.67. The molecule has 1 aliphatic heterocycles. The van der Waals surface area contributed by atoms with Crippen LogP contribution in [0.15, 0.2) is 42.5 Å². The first-order chi connectivity index (χ1) is 11.1. The van der Waals surface area contributed by atoms with Crippen LogP contribution in [0.2, 0.25) is 0 Å². The van der Waals surface area contributed by atoms with Gasteiger partial charge in [-0.3, -0.25) is 9.59 Å². The summed E-state index contributed by atoms with van der Waals surface area (Å²) < 4.78 is 0. The Morgan fingerprint density at radius 2 is 1.78 bits per heavy atom. The highest BCUT2D eigenvalue weighted by molar-refractivity contribution is 6.22. The van der Waals surface area contributed by atoms with Gasteiger partial charge in [0, 0.05) is 0 Å². The molecule has 0 spiro atoms. The molecule has 0 aromatic heterocycles. The van der Waals surface area contributed by atoms with Gasteiger partial charge >= 0.3 is 0 Å². The third-order valence-corrected chi connectivity index (χ3v) is 5.01. The molecule has 5 nitrogen and oxygen atoms in total. The number of fused-ring (bicyclic) bond motifs is 5. The highest BCUT2D eigenvalue weighted by Crippen LogP contribution is 2.53. The van der Waals surface area contributed by atoms with E-state index < -0.39 is 5.97 Å². The van der Waals surface area contributed by atoms with Gasteiger partial charge in [0.15, 0.2) is 0 Å². The predicted octanol–water partition coefficient (Wildman–Crippen LogP) is 0.761. The molecule has 2 aliphatic carbocycles. The average Bonchev–Trinajstić information content (AvgIpc) is 3.20. The van der Waals surface area contributed by atoms with Crippen LogP contribution in [0, 0.1) is 23.7 Å². The van der Waals surface area contributed by atoms with Crippen molar-refractivity contribution in [1.82, 2.24) is 0 Å². The third kappa shape index (κ3) is 2.04. The van der Waals surface area contributed by atoms with Gasteiger partial charge in [0.1, 0.15) is 0 Å². The summed E-state index contributed by atoms with van der Waals surface area (Å²) in [5, 5.41) is 10.5. The number of benzene rings is 1. The van der Waals surface area contributed by atoms with E-state index in [1.54, 1.807) is 24.3 Å². The number of rotatable bonds is 3. The summed E-state index contributed by atoms with van der Waals surface area (Å²) in [4.78, 5) is 37.2. The van der Waals surface area contributed by atoms with Gasteiger partial charge in [0.05, 0.1) is 23.5 Å². The second kappa shape index (κ2) is 4.91. The summed E-state index contributed by atoms with van der Waals surface area (Å²) in [5.41, 5.74) is 1.10. The van der Waals surface area contributed by atoms with Gasteiger partial charge in [0.2, 0.25) is 11.8 Å². The predicted molar refractivity (Wildman–Crippen MR) is 80.7 cm³/mol. The molecule has 5 heteroatoms. The first-order valence-corrected chi connectivity index (χ1v) is 7.61. The third-order valence-electron chi connectivity index (χ3n) is 5.01.